The number of hydrogen-bond acceptors (Lipinski definition) is 4. The SMILES string of the molecule is C[C@@H](OC(=O)c1ccc(Cl)c(N)c1)C(=O)N(C)C1CCCCC1. The molecular formula is C17H23ClN2O3. The van der Waals surface area contributed by atoms with Crippen LogP contribution in [0.3, 0.4) is 0 Å². The van der Waals surface area contributed by atoms with Gasteiger partial charge in [0.2, 0.25) is 0 Å². The third-order valence-corrected chi connectivity index (χ3v) is 4.68. The van der Waals surface area contributed by atoms with Gasteiger partial charge in [-0.05, 0) is 38.0 Å². The van der Waals surface area contributed by atoms with E-state index in [0.717, 1.165) is 25.7 Å². The van der Waals surface area contributed by atoms with Crippen LogP contribution in [0.2, 0.25) is 5.02 Å². The Morgan fingerprint density at radius 1 is 1.30 bits per heavy atom. The number of likely N-dealkylation sites (N-methyl/N-ethyl adjacent to an activating group) is 1. The molecule has 0 aromatic heterocycles. The van der Waals surface area contributed by atoms with Crippen LogP contribution in [0.1, 0.15) is 49.4 Å². The second kappa shape index (κ2) is 7.68. The molecule has 1 fully saturated rings. The number of nitrogens with two attached hydrogens (primary N) is 1. The number of nitrogens with zero attached hydrogens (tertiary/aromatic N) is 1. The van der Waals surface area contributed by atoms with Crippen molar-refractivity contribution in [3.05, 3.63) is 28.8 Å². The zero-order valence-electron chi connectivity index (χ0n) is 13.5. The molecule has 1 aromatic carbocycles. The van der Waals surface area contributed by atoms with Crippen molar-refractivity contribution in [2.24, 2.45) is 0 Å². The summed E-state index contributed by atoms with van der Waals surface area (Å²) in [4.78, 5) is 26.3. The molecule has 0 radical (unpaired) electrons. The first-order chi connectivity index (χ1) is 10.9. The molecule has 1 aliphatic carbocycles. The predicted molar refractivity (Wildman–Crippen MR) is 90.4 cm³/mol. The normalized spacial score (nSPS) is 16.7. The van der Waals surface area contributed by atoms with Gasteiger partial charge in [0.05, 0.1) is 16.3 Å². The molecular weight excluding hydrogens is 316 g/mol. The number of halogens is 1. The van der Waals surface area contributed by atoms with Gasteiger partial charge in [-0.3, -0.25) is 4.79 Å². The quantitative estimate of drug-likeness (QED) is 0.675. The number of carbonyl (C=O) groups is 2. The lowest BCUT2D eigenvalue weighted by Crippen LogP contribution is -2.44. The van der Waals surface area contributed by atoms with Crippen molar-refractivity contribution in [3.8, 4) is 0 Å². The molecule has 0 saturated heterocycles. The van der Waals surface area contributed by atoms with E-state index in [2.05, 4.69) is 0 Å². The third-order valence-electron chi connectivity index (χ3n) is 4.33. The average molecular weight is 339 g/mol. The molecule has 126 valence electrons. The maximum atomic E-state index is 12.4. The summed E-state index contributed by atoms with van der Waals surface area (Å²) < 4.78 is 5.28. The van der Waals surface area contributed by atoms with E-state index in [0.29, 0.717) is 10.7 Å². The molecule has 0 heterocycles. The van der Waals surface area contributed by atoms with Crippen LogP contribution >= 0.6 is 11.6 Å². The Morgan fingerprint density at radius 3 is 2.57 bits per heavy atom. The van der Waals surface area contributed by atoms with Gasteiger partial charge in [0.1, 0.15) is 0 Å². The van der Waals surface area contributed by atoms with E-state index in [1.54, 1.807) is 18.9 Å². The number of hydrogen-bond donors (Lipinski definition) is 1. The van der Waals surface area contributed by atoms with E-state index >= 15 is 0 Å². The highest BCUT2D eigenvalue weighted by molar-refractivity contribution is 6.33. The summed E-state index contributed by atoms with van der Waals surface area (Å²) in [5.74, 6) is -0.751. The van der Waals surface area contributed by atoms with E-state index < -0.39 is 12.1 Å². The lowest BCUT2D eigenvalue weighted by Gasteiger charge is -2.32. The summed E-state index contributed by atoms with van der Waals surface area (Å²) in [5, 5.41) is 0.378. The maximum absolute atomic E-state index is 12.4. The lowest BCUT2D eigenvalue weighted by molar-refractivity contribution is -0.141. The minimum absolute atomic E-state index is 0.174. The van der Waals surface area contributed by atoms with Gasteiger partial charge in [-0.15, -0.1) is 0 Å². The second-order valence-corrected chi connectivity index (χ2v) is 6.43. The van der Waals surface area contributed by atoms with Crippen molar-refractivity contribution in [1.82, 2.24) is 4.90 Å². The van der Waals surface area contributed by atoms with E-state index in [1.165, 1.54) is 24.6 Å². The van der Waals surface area contributed by atoms with Crippen LogP contribution in [0.15, 0.2) is 18.2 Å². The van der Waals surface area contributed by atoms with Crippen LogP contribution < -0.4 is 5.73 Å². The number of esters is 1. The maximum Gasteiger partial charge on any atom is 0.338 e. The summed E-state index contributed by atoms with van der Waals surface area (Å²) >= 11 is 5.83. The fraction of sp³-hybridized carbons (Fsp3) is 0.529. The third kappa shape index (κ3) is 4.38. The van der Waals surface area contributed by atoms with Gasteiger partial charge in [0, 0.05) is 13.1 Å². The molecule has 0 unspecified atom stereocenters. The Morgan fingerprint density at radius 2 is 1.96 bits per heavy atom. The predicted octanol–water partition coefficient (Wildman–Crippen LogP) is 3.26. The number of ether oxygens (including phenoxy) is 1. The fourth-order valence-electron chi connectivity index (χ4n) is 2.88. The summed E-state index contributed by atoms with van der Waals surface area (Å²) in [6.07, 6.45) is 4.70. The molecule has 0 aliphatic heterocycles. The Bertz CT molecular complexity index is 585. The lowest BCUT2D eigenvalue weighted by atomic mass is 9.94. The van der Waals surface area contributed by atoms with Crippen molar-refractivity contribution in [1.29, 1.82) is 0 Å². The fourth-order valence-corrected chi connectivity index (χ4v) is 3.00. The first-order valence-electron chi connectivity index (χ1n) is 7.93. The summed E-state index contributed by atoms with van der Waals surface area (Å²) in [6.45, 7) is 1.60. The average Bonchev–Trinajstić information content (AvgIpc) is 2.56. The van der Waals surface area contributed by atoms with Crippen LogP contribution in [-0.4, -0.2) is 36.0 Å². The number of nitrogen functional groups attached to an aromatic ring is 1. The molecule has 2 N–H and O–H groups in total. The smallest absolute Gasteiger partial charge is 0.338 e. The van der Waals surface area contributed by atoms with Crippen molar-refractivity contribution in [2.75, 3.05) is 12.8 Å². The second-order valence-electron chi connectivity index (χ2n) is 6.02. The van der Waals surface area contributed by atoms with Crippen molar-refractivity contribution < 1.29 is 14.3 Å². The first-order valence-corrected chi connectivity index (χ1v) is 8.30. The van der Waals surface area contributed by atoms with E-state index in [9.17, 15) is 9.59 Å². The Labute approximate surface area is 141 Å². The highest BCUT2D eigenvalue weighted by atomic mass is 35.5. The molecule has 2 rings (SSSR count). The topological polar surface area (TPSA) is 72.6 Å². The van der Waals surface area contributed by atoms with Gasteiger partial charge in [-0.25, -0.2) is 4.79 Å². The molecule has 5 nitrogen and oxygen atoms in total. The van der Waals surface area contributed by atoms with Crippen molar-refractivity contribution in [2.45, 2.75) is 51.2 Å². The van der Waals surface area contributed by atoms with Gasteiger partial charge < -0.3 is 15.4 Å². The van der Waals surface area contributed by atoms with Crippen molar-refractivity contribution >= 4 is 29.2 Å². The van der Waals surface area contributed by atoms with Crippen LogP contribution in [0, 0.1) is 0 Å². The zero-order chi connectivity index (χ0) is 17.0. The minimum Gasteiger partial charge on any atom is -0.449 e. The summed E-state index contributed by atoms with van der Waals surface area (Å²) in [6, 6.07) is 4.76. The first kappa shape index (κ1) is 17.6. The van der Waals surface area contributed by atoms with Crippen molar-refractivity contribution in [3.63, 3.8) is 0 Å². The van der Waals surface area contributed by atoms with Gasteiger partial charge in [0.15, 0.2) is 6.10 Å². The molecule has 0 bridgehead atoms. The van der Waals surface area contributed by atoms with Crippen LogP contribution in [0.5, 0.6) is 0 Å². The number of benzene rings is 1. The highest BCUT2D eigenvalue weighted by Gasteiger charge is 2.28. The zero-order valence-corrected chi connectivity index (χ0v) is 14.3. The molecule has 1 atom stereocenters. The van der Waals surface area contributed by atoms with Crippen LogP contribution in [0.4, 0.5) is 5.69 Å². The van der Waals surface area contributed by atoms with Gasteiger partial charge in [0.25, 0.3) is 5.91 Å². The molecule has 0 spiro atoms. The summed E-state index contributed by atoms with van der Waals surface area (Å²) in [5.41, 5.74) is 6.27. The van der Waals surface area contributed by atoms with Gasteiger partial charge in [-0.1, -0.05) is 30.9 Å². The number of rotatable bonds is 4. The molecule has 1 aromatic rings. The molecule has 1 aliphatic rings. The van der Waals surface area contributed by atoms with Gasteiger partial charge >= 0.3 is 5.97 Å². The Hall–Kier alpha value is -1.75. The highest BCUT2D eigenvalue weighted by Crippen LogP contribution is 2.23. The molecule has 1 amide bonds. The van der Waals surface area contributed by atoms with E-state index in [-0.39, 0.29) is 17.5 Å². The summed E-state index contributed by atoms with van der Waals surface area (Å²) in [7, 11) is 1.78. The number of amides is 1. The van der Waals surface area contributed by atoms with E-state index in [1.807, 2.05) is 0 Å². The van der Waals surface area contributed by atoms with E-state index in [4.69, 9.17) is 22.1 Å². The largest absolute Gasteiger partial charge is 0.449 e. The van der Waals surface area contributed by atoms with Crippen LogP contribution in [0.25, 0.3) is 0 Å². The molecule has 23 heavy (non-hydrogen) atoms. The van der Waals surface area contributed by atoms with Gasteiger partial charge in [-0.2, -0.15) is 0 Å². The monoisotopic (exact) mass is 338 g/mol. The van der Waals surface area contributed by atoms with Crippen LogP contribution in [-0.2, 0) is 9.53 Å². The number of anilines is 1. The number of carbonyl (C=O) groups excluding carboxylic acids is 2. The standard InChI is InChI=1S/C17H23ClN2O3/c1-11(16(21)20(2)13-6-4-3-5-7-13)23-17(22)12-8-9-14(18)15(19)10-12/h8-11,13H,3-7,19H2,1-2H3/t11-/m1/s1. The Balaban J connectivity index is 1.96. The molecule has 1 saturated carbocycles. The molecule has 6 heteroatoms. The Kier molecular flexibility index (Phi) is 5.88. The minimum atomic E-state index is -0.827.